The third-order valence-electron chi connectivity index (χ3n) is 3.14. The molecule has 0 saturated carbocycles. The lowest BCUT2D eigenvalue weighted by atomic mass is 10.2. The van der Waals surface area contributed by atoms with Crippen LogP contribution in [0.2, 0.25) is 0 Å². The Balaban J connectivity index is 1.94. The number of hydrogen-bond donors (Lipinski definition) is 1. The van der Waals surface area contributed by atoms with Crippen molar-refractivity contribution in [3.63, 3.8) is 0 Å². The number of rotatable bonds is 11. The SMILES string of the molecule is CSCCCCNCCCN(C)Cc1ccccc1. The van der Waals surface area contributed by atoms with Crippen molar-refractivity contribution in [2.45, 2.75) is 25.8 Å². The standard InChI is InChI=1S/C16H28N2S/c1-18(15-16-9-4-3-5-10-16)13-8-12-17-11-6-7-14-19-2/h3-5,9-10,17H,6-8,11-15H2,1-2H3. The molecular weight excluding hydrogens is 252 g/mol. The molecule has 0 fully saturated rings. The first-order valence-electron chi connectivity index (χ1n) is 7.25. The summed E-state index contributed by atoms with van der Waals surface area (Å²) in [5.74, 6) is 1.29. The minimum Gasteiger partial charge on any atom is -0.317 e. The highest BCUT2D eigenvalue weighted by atomic mass is 32.2. The number of nitrogens with zero attached hydrogens (tertiary/aromatic N) is 1. The topological polar surface area (TPSA) is 15.3 Å². The molecule has 0 radical (unpaired) electrons. The van der Waals surface area contributed by atoms with E-state index in [0.717, 1.165) is 19.6 Å². The summed E-state index contributed by atoms with van der Waals surface area (Å²) in [6.07, 6.45) is 6.05. The summed E-state index contributed by atoms with van der Waals surface area (Å²) in [4.78, 5) is 2.39. The lowest BCUT2D eigenvalue weighted by Gasteiger charge is -2.16. The summed E-state index contributed by atoms with van der Waals surface area (Å²) in [7, 11) is 2.20. The Kier molecular flexibility index (Phi) is 9.86. The Morgan fingerprint density at radius 2 is 1.79 bits per heavy atom. The molecule has 0 heterocycles. The van der Waals surface area contributed by atoms with Crippen molar-refractivity contribution in [2.75, 3.05) is 38.7 Å². The Morgan fingerprint density at radius 3 is 2.53 bits per heavy atom. The first-order chi connectivity index (χ1) is 9.33. The van der Waals surface area contributed by atoms with Crippen molar-refractivity contribution < 1.29 is 0 Å². The normalized spacial score (nSPS) is 11.1. The van der Waals surface area contributed by atoms with Gasteiger partial charge in [-0.1, -0.05) is 30.3 Å². The van der Waals surface area contributed by atoms with Gasteiger partial charge in [0.05, 0.1) is 0 Å². The van der Waals surface area contributed by atoms with Crippen LogP contribution in [0.25, 0.3) is 0 Å². The van der Waals surface area contributed by atoms with Gasteiger partial charge in [-0.15, -0.1) is 0 Å². The minimum absolute atomic E-state index is 1.05. The van der Waals surface area contributed by atoms with Gasteiger partial charge >= 0.3 is 0 Å². The fraction of sp³-hybridized carbons (Fsp3) is 0.625. The predicted molar refractivity (Wildman–Crippen MR) is 87.9 cm³/mol. The second kappa shape index (κ2) is 11.3. The van der Waals surface area contributed by atoms with E-state index in [1.54, 1.807) is 0 Å². The fourth-order valence-corrected chi connectivity index (χ4v) is 2.56. The molecule has 1 N–H and O–H groups in total. The molecule has 108 valence electrons. The fourth-order valence-electron chi connectivity index (χ4n) is 2.07. The van der Waals surface area contributed by atoms with E-state index in [-0.39, 0.29) is 0 Å². The van der Waals surface area contributed by atoms with Crippen LogP contribution in [0.5, 0.6) is 0 Å². The predicted octanol–water partition coefficient (Wildman–Crippen LogP) is 3.24. The van der Waals surface area contributed by atoms with Gasteiger partial charge in [-0.25, -0.2) is 0 Å². The molecule has 0 aliphatic carbocycles. The molecule has 0 bridgehead atoms. The van der Waals surface area contributed by atoms with E-state index in [2.05, 4.69) is 53.9 Å². The van der Waals surface area contributed by atoms with Gasteiger partial charge in [-0.3, -0.25) is 0 Å². The number of thioether (sulfide) groups is 1. The number of nitrogens with one attached hydrogen (secondary N) is 1. The van der Waals surface area contributed by atoms with Crippen molar-refractivity contribution in [3.05, 3.63) is 35.9 Å². The van der Waals surface area contributed by atoms with Gasteiger partial charge in [0.2, 0.25) is 0 Å². The van der Waals surface area contributed by atoms with Crippen LogP contribution < -0.4 is 5.32 Å². The van der Waals surface area contributed by atoms with Crippen LogP contribution in [0, 0.1) is 0 Å². The van der Waals surface area contributed by atoms with E-state index in [1.165, 1.54) is 37.1 Å². The van der Waals surface area contributed by atoms with E-state index in [4.69, 9.17) is 0 Å². The zero-order chi connectivity index (χ0) is 13.8. The Hall–Kier alpha value is -0.510. The second-order valence-corrected chi connectivity index (χ2v) is 6.01. The molecule has 0 aliphatic heterocycles. The highest BCUT2D eigenvalue weighted by Crippen LogP contribution is 2.02. The third-order valence-corrected chi connectivity index (χ3v) is 3.84. The van der Waals surface area contributed by atoms with Crippen LogP contribution in [-0.4, -0.2) is 43.6 Å². The highest BCUT2D eigenvalue weighted by Gasteiger charge is 1.99. The lowest BCUT2D eigenvalue weighted by Crippen LogP contribution is -2.24. The smallest absolute Gasteiger partial charge is 0.0230 e. The largest absolute Gasteiger partial charge is 0.317 e. The summed E-state index contributed by atoms with van der Waals surface area (Å²) >= 11 is 1.94. The van der Waals surface area contributed by atoms with Crippen LogP contribution in [0.15, 0.2) is 30.3 Å². The van der Waals surface area contributed by atoms with Gasteiger partial charge in [0.25, 0.3) is 0 Å². The number of benzene rings is 1. The van der Waals surface area contributed by atoms with E-state index >= 15 is 0 Å². The third kappa shape index (κ3) is 9.09. The Morgan fingerprint density at radius 1 is 1.05 bits per heavy atom. The second-order valence-electron chi connectivity index (χ2n) is 5.03. The molecular formula is C16H28N2S. The van der Waals surface area contributed by atoms with Crippen molar-refractivity contribution in [1.82, 2.24) is 10.2 Å². The molecule has 0 saturated heterocycles. The number of hydrogen-bond acceptors (Lipinski definition) is 3. The molecule has 1 rings (SSSR count). The van der Waals surface area contributed by atoms with Crippen molar-refractivity contribution >= 4 is 11.8 Å². The van der Waals surface area contributed by atoms with Gasteiger partial charge in [0, 0.05) is 6.54 Å². The molecule has 1 aromatic carbocycles. The van der Waals surface area contributed by atoms with Gasteiger partial charge in [0.1, 0.15) is 0 Å². The summed E-state index contributed by atoms with van der Waals surface area (Å²) < 4.78 is 0. The van der Waals surface area contributed by atoms with Crippen molar-refractivity contribution in [1.29, 1.82) is 0 Å². The molecule has 2 nitrogen and oxygen atoms in total. The molecule has 3 heteroatoms. The molecule has 1 aromatic rings. The first-order valence-corrected chi connectivity index (χ1v) is 8.64. The molecule has 0 unspecified atom stereocenters. The molecule has 19 heavy (non-hydrogen) atoms. The average Bonchev–Trinajstić information content (AvgIpc) is 2.43. The monoisotopic (exact) mass is 280 g/mol. The van der Waals surface area contributed by atoms with Crippen LogP contribution in [0.3, 0.4) is 0 Å². The van der Waals surface area contributed by atoms with Crippen molar-refractivity contribution in [2.24, 2.45) is 0 Å². The highest BCUT2D eigenvalue weighted by molar-refractivity contribution is 7.98. The van der Waals surface area contributed by atoms with E-state index in [9.17, 15) is 0 Å². The van der Waals surface area contributed by atoms with Crippen LogP contribution >= 0.6 is 11.8 Å². The maximum absolute atomic E-state index is 3.53. The summed E-state index contributed by atoms with van der Waals surface area (Å²) in [5.41, 5.74) is 1.40. The van der Waals surface area contributed by atoms with Crippen molar-refractivity contribution in [3.8, 4) is 0 Å². The van der Waals surface area contributed by atoms with E-state index in [1.807, 2.05) is 11.8 Å². The minimum atomic E-state index is 1.05. The molecule has 0 spiro atoms. The van der Waals surface area contributed by atoms with Crippen LogP contribution in [-0.2, 0) is 6.54 Å². The maximum Gasteiger partial charge on any atom is 0.0230 e. The van der Waals surface area contributed by atoms with Crippen LogP contribution in [0.4, 0.5) is 0 Å². The average molecular weight is 280 g/mol. The van der Waals surface area contributed by atoms with E-state index < -0.39 is 0 Å². The zero-order valence-electron chi connectivity index (χ0n) is 12.4. The van der Waals surface area contributed by atoms with Gasteiger partial charge in [-0.2, -0.15) is 11.8 Å². The molecule has 0 amide bonds. The maximum atomic E-state index is 3.53. The first kappa shape index (κ1) is 16.5. The van der Waals surface area contributed by atoms with E-state index in [0.29, 0.717) is 0 Å². The molecule has 0 aliphatic rings. The lowest BCUT2D eigenvalue weighted by molar-refractivity contribution is 0.319. The Labute approximate surface area is 123 Å². The molecule has 0 atom stereocenters. The van der Waals surface area contributed by atoms with Crippen LogP contribution in [0.1, 0.15) is 24.8 Å². The van der Waals surface area contributed by atoms with Gasteiger partial charge < -0.3 is 10.2 Å². The van der Waals surface area contributed by atoms with Gasteiger partial charge in [0.15, 0.2) is 0 Å². The summed E-state index contributed by atoms with van der Waals surface area (Å²) in [5, 5.41) is 3.53. The quantitative estimate of drug-likeness (QED) is 0.627. The molecule has 0 aromatic heterocycles. The van der Waals surface area contributed by atoms with Gasteiger partial charge in [-0.05, 0) is 63.5 Å². The Bertz CT molecular complexity index is 303. The zero-order valence-corrected chi connectivity index (χ0v) is 13.2. The summed E-state index contributed by atoms with van der Waals surface area (Å²) in [6.45, 7) is 4.52. The summed E-state index contributed by atoms with van der Waals surface area (Å²) in [6, 6.07) is 10.7. The number of unbranched alkanes of at least 4 members (excludes halogenated alkanes) is 1.